The molecule has 1 aliphatic rings. The van der Waals surface area contributed by atoms with Crippen LogP contribution in [0.2, 0.25) is 0 Å². The van der Waals surface area contributed by atoms with Crippen LogP contribution in [0.4, 0.5) is 9.18 Å². The molecule has 1 N–H and O–H groups in total. The first-order chi connectivity index (χ1) is 13.2. The van der Waals surface area contributed by atoms with E-state index in [1.54, 1.807) is 24.3 Å². The van der Waals surface area contributed by atoms with Crippen molar-refractivity contribution in [2.24, 2.45) is 5.41 Å². The molecule has 6 heteroatoms. The van der Waals surface area contributed by atoms with E-state index in [0.717, 1.165) is 5.56 Å². The summed E-state index contributed by atoms with van der Waals surface area (Å²) in [5.74, 6) is -1.45. The highest BCUT2D eigenvalue weighted by molar-refractivity contribution is 6.05. The average molecular weight is 385 g/mol. The SMILES string of the molecule is CC(C)(C)C1c2ccccc2C(=O)N(C(=O)O)C1(CF)OCc1ccccc1. The number of ether oxygens (including phenoxy) is 1. The lowest BCUT2D eigenvalue weighted by molar-refractivity contribution is -0.180. The quantitative estimate of drug-likeness (QED) is 0.818. The van der Waals surface area contributed by atoms with Crippen molar-refractivity contribution in [3.05, 3.63) is 71.3 Å². The first-order valence-corrected chi connectivity index (χ1v) is 9.12. The van der Waals surface area contributed by atoms with Gasteiger partial charge in [-0.1, -0.05) is 69.3 Å². The maximum absolute atomic E-state index is 14.7. The van der Waals surface area contributed by atoms with Crippen molar-refractivity contribution in [1.29, 1.82) is 0 Å². The van der Waals surface area contributed by atoms with E-state index in [0.29, 0.717) is 10.5 Å². The second-order valence-electron chi connectivity index (χ2n) is 8.06. The zero-order valence-electron chi connectivity index (χ0n) is 16.2. The van der Waals surface area contributed by atoms with Crippen molar-refractivity contribution >= 4 is 12.0 Å². The molecule has 0 saturated heterocycles. The Balaban J connectivity index is 2.19. The van der Waals surface area contributed by atoms with E-state index in [1.165, 1.54) is 0 Å². The highest BCUT2D eigenvalue weighted by atomic mass is 19.1. The second kappa shape index (κ2) is 7.36. The molecule has 1 heterocycles. The highest BCUT2D eigenvalue weighted by Crippen LogP contribution is 2.51. The normalized spacial score (nSPS) is 22.1. The zero-order chi connectivity index (χ0) is 20.5. The van der Waals surface area contributed by atoms with Crippen LogP contribution in [-0.2, 0) is 11.3 Å². The van der Waals surface area contributed by atoms with Gasteiger partial charge in [-0.3, -0.25) is 4.79 Å². The summed E-state index contributed by atoms with van der Waals surface area (Å²) in [6.45, 7) is 4.51. The van der Waals surface area contributed by atoms with E-state index >= 15 is 0 Å². The molecule has 2 atom stereocenters. The van der Waals surface area contributed by atoms with Crippen LogP contribution < -0.4 is 0 Å². The van der Waals surface area contributed by atoms with Gasteiger partial charge in [-0.05, 0) is 22.6 Å². The first-order valence-electron chi connectivity index (χ1n) is 9.12. The summed E-state index contributed by atoms with van der Waals surface area (Å²) in [5, 5.41) is 9.84. The van der Waals surface area contributed by atoms with E-state index < -0.39 is 35.7 Å². The van der Waals surface area contributed by atoms with Crippen molar-refractivity contribution in [3.63, 3.8) is 0 Å². The predicted octanol–water partition coefficient (Wildman–Crippen LogP) is 4.83. The maximum Gasteiger partial charge on any atom is 0.416 e. The third-order valence-corrected chi connectivity index (χ3v) is 5.12. The highest BCUT2D eigenvalue weighted by Gasteiger charge is 2.59. The van der Waals surface area contributed by atoms with Crippen LogP contribution in [0.15, 0.2) is 54.6 Å². The fourth-order valence-electron chi connectivity index (χ4n) is 4.11. The molecule has 148 valence electrons. The van der Waals surface area contributed by atoms with Gasteiger partial charge in [-0.2, -0.15) is 0 Å². The summed E-state index contributed by atoms with van der Waals surface area (Å²) in [7, 11) is 0. The van der Waals surface area contributed by atoms with Crippen molar-refractivity contribution in [1.82, 2.24) is 4.90 Å². The number of carboxylic acid groups (broad SMARTS) is 1. The van der Waals surface area contributed by atoms with Crippen LogP contribution in [0.3, 0.4) is 0 Å². The summed E-state index contributed by atoms with van der Waals surface area (Å²) in [6.07, 6.45) is -1.53. The van der Waals surface area contributed by atoms with Crippen molar-refractivity contribution < 1.29 is 23.8 Å². The lowest BCUT2D eigenvalue weighted by Gasteiger charge is -2.52. The molecule has 2 aromatic rings. The number of carbonyl (C=O) groups excluding carboxylic acids is 1. The Morgan fingerprint density at radius 3 is 2.32 bits per heavy atom. The molecule has 2 amide bonds. The minimum absolute atomic E-state index is 0.0173. The average Bonchev–Trinajstić information content (AvgIpc) is 2.65. The topological polar surface area (TPSA) is 66.8 Å². The Morgan fingerprint density at radius 2 is 1.75 bits per heavy atom. The minimum Gasteiger partial charge on any atom is -0.465 e. The molecule has 0 bridgehead atoms. The number of carbonyl (C=O) groups is 2. The van der Waals surface area contributed by atoms with Crippen LogP contribution in [0.1, 0.15) is 48.2 Å². The van der Waals surface area contributed by atoms with Crippen molar-refractivity contribution in [2.75, 3.05) is 6.67 Å². The third-order valence-electron chi connectivity index (χ3n) is 5.12. The molecular weight excluding hydrogens is 361 g/mol. The van der Waals surface area contributed by atoms with E-state index in [4.69, 9.17) is 4.74 Å². The number of hydrogen-bond acceptors (Lipinski definition) is 3. The van der Waals surface area contributed by atoms with Crippen LogP contribution >= 0.6 is 0 Å². The summed E-state index contributed by atoms with van der Waals surface area (Å²) in [6, 6.07) is 15.9. The molecule has 1 aliphatic heterocycles. The molecule has 0 saturated carbocycles. The molecule has 0 aliphatic carbocycles. The number of imide groups is 1. The molecule has 2 unspecified atom stereocenters. The van der Waals surface area contributed by atoms with Crippen LogP contribution in [0.5, 0.6) is 0 Å². The van der Waals surface area contributed by atoms with Gasteiger partial charge in [-0.15, -0.1) is 0 Å². The number of hydrogen-bond donors (Lipinski definition) is 1. The number of halogens is 1. The molecule has 0 aromatic heterocycles. The Labute approximate surface area is 163 Å². The number of alkyl halides is 1. The number of benzene rings is 2. The Hall–Kier alpha value is -2.73. The van der Waals surface area contributed by atoms with Crippen LogP contribution in [0, 0.1) is 5.41 Å². The van der Waals surface area contributed by atoms with Crippen LogP contribution in [0.25, 0.3) is 0 Å². The molecule has 2 aromatic carbocycles. The number of amides is 2. The Morgan fingerprint density at radius 1 is 1.14 bits per heavy atom. The molecule has 28 heavy (non-hydrogen) atoms. The molecule has 0 spiro atoms. The zero-order valence-corrected chi connectivity index (χ0v) is 16.2. The number of nitrogens with zero attached hydrogens (tertiary/aromatic N) is 1. The van der Waals surface area contributed by atoms with Crippen molar-refractivity contribution in [3.8, 4) is 0 Å². The molecule has 0 fully saturated rings. The molecule has 3 rings (SSSR count). The summed E-state index contributed by atoms with van der Waals surface area (Å²) in [4.78, 5) is 25.6. The van der Waals surface area contributed by atoms with Gasteiger partial charge in [0.25, 0.3) is 5.91 Å². The Kier molecular flexibility index (Phi) is 5.26. The van der Waals surface area contributed by atoms with Gasteiger partial charge in [-0.25, -0.2) is 14.1 Å². The number of fused-ring (bicyclic) bond motifs is 1. The summed E-state index contributed by atoms with van der Waals surface area (Å²) >= 11 is 0. The largest absolute Gasteiger partial charge is 0.465 e. The van der Waals surface area contributed by atoms with Gasteiger partial charge < -0.3 is 9.84 Å². The van der Waals surface area contributed by atoms with E-state index in [9.17, 15) is 19.1 Å². The van der Waals surface area contributed by atoms with Gasteiger partial charge in [0.05, 0.1) is 6.61 Å². The Bertz CT molecular complexity index is 878. The van der Waals surface area contributed by atoms with Gasteiger partial charge >= 0.3 is 6.09 Å². The summed E-state index contributed by atoms with van der Waals surface area (Å²) in [5.41, 5.74) is -0.904. The lowest BCUT2D eigenvalue weighted by Crippen LogP contribution is -2.65. The van der Waals surface area contributed by atoms with Crippen molar-refractivity contribution in [2.45, 2.75) is 39.0 Å². The fraction of sp³-hybridized carbons (Fsp3) is 0.364. The van der Waals surface area contributed by atoms with Crippen LogP contribution in [-0.4, -0.2) is 34.4 Å². The molecule has 5 nitrogen and oxygen atoms in total. The molecule has 0 radical (unpaired) electrons. The maximum atomic E-state index is 14.7. The van der Waals surface area contributed by atoms with Gasteiger partial charge in [0.15, 0.2) is 5.72 Å². The monoisotopic (exact) mass is 385 g/mol. The standard InChI is InChI=1S/C22H24FNO4/c1-21(2,3)18-16-11-7-8-12-17(16)19(25)24(20(26)27)22(18,14-23)28-13-15-9-5-4-6-10-15/h4-12,18H,13-14H2,1-3H3,(H,26,27). The first kappa shape index (κ1) is 20.0. The van der Waals surface area contributed by atoms with Gasteiger partial charge in [0.1, 0.15) is 6.67 Å². The summed E-state index contributed by atoms with van der Waals surface area (Å²) < 4.78 is 20.7. The smallest absolute Gasteiger partial charge is 0.416 e. The lowest BCUT2D eigenvalue weighted by atomic mass is 9.67. The fourth-order valence-corrected chi connectivity index (χ4v) is 4.11. The van der Waals surface area contributed by atoms with E-state index in [-0.39, 0.29) is 12.2 Å². The van der Waals surface area contributed by atoms with Gasteiger partial charge in [0.2, 0.25) is 0 Å². The minimum atomic E-state index is -1.95. The molecular formula is C22H24FNO4. The van der Waals surface area contributed by atoms with E-state index in [1.807, 2.05) is 51.1 Å². The predicted molar refractivity (Wildman–Crippen MR) is 103 cm³/mol. The van der Waals surface area contributed by atoms with Gasteiger partial charge in [0, 0.05) is 11.5 Å². The second-order valence-corrected chi connectivity index (χ2v) is 8.06. The number of rotatable bonds is 4. The third kappa shape index (κ3) is 3.29. The van der Waals surface area contributed by atoms with E-state index in [2.05, 4.69) is 0 Å².